The Balaban J connectivity index is 1.96. The van der Waals surface area contributed by atoms with E-state index in [2.05, 4.69) is 20.4 Å². The van der Waals surface area contributed by atoms with Crippen LogP contribution in [0.25, 0.3) is 10.9 Å². The van der Waals surface area contributed by atoms with E-state index in [1.54, 1.807) is 42.5 Å². The smallest absolute Gasteiger partial charge is 0.295 e. The maximum atomic E-state index is 11.0. The van der Waals surface area contributed by atoms with Gasteiger partial charge in [-0.2, -0.15) is 5.10 Å². The first kappa shape index (κ1) is 13.0. The molecule has 2 heterocycles. The Morgan fingerprint density at radius 2 is 2.19 bits per heavy atom. The lowest BCUT2D eigenvalue weighted by molar-refractivity contribution is -0.383. The van der Waals surface area contributed by atoms with Crippen LogP contribution >= 0.6 is 0 Å². The highest BCUT2D eigenvalue weighted by Crippen LogP contribution is 2.29. The van der Waals surface area contributed by atoms with Crippen LogP contribution in [0.3, 0.4) is 0 Å². The average molecular weight is 284 g/mol. The van der Waals surface area contributed by atoms with E-state index < -0.39 is 4.92 Å². The Morgan fingerprint density at radius 3 is 2.90 bits per heavy atom. The van der Waals surface area contributed by atoms with E-state index in [1.807, 2.05) is 0 Å². The number of aryl methyl sites for hydroxylation is 1. The zero-order chi connectivity index (χ0) is 14.8. The van der Waals surface area contributed by atoms with Crippen molar-refractivity contribution in [3.05, 3.63) is 52.7 Å². The van der Waals surface area contributed by atoms with Gasteiger partial charge in [0.05, 0.1) is 11.5 Å². The second-order valence-electron chi connectivity index (χ2n) is 4.48. The van der Waals surface area contributed by atoms with Crippen molar-refractivity contribution in [2.45, 2.75) is 6.54 Å². The molecule has 21 heavy (non-hydrogen) atoms. The van der Waals surface area contributed by atoms with E-state index in [4.69, 9.17) is 0 Å². The minimum Gasteiger partial charge on any atom is -0.377 e. The Labute approximate surface area is 119 Å². The highest BCUT2D eigenvalue weighted by molar-refractivity contribution is 5.96. The number of hydrogen-bond acceptors (Lipinski definition) is 6. The lowest BCUT2D eigenvalue weighted by Crippen LogP contribution is -2.03. The molecular formula is C13H12N6O2. The number of aromatic nitrogens is 4. The van der Waals surface area contributed by atoms with Crippen molar-refractivity contribution in [3.8, 4) is 0 Å². The summed E-state index contributed by atoms with van der Waals surface area (Å²) in [6.45, 7) is 0.433. The van der Waals surface area contributed by atoms with Crippen molar-refractivity contribution in [1.82, 2.24) is 19.7 Å². The molecule has 0 amide bonds. The molecule has 0 aliphatic heterocycles. The molecule has 8 nitrogen and oxygen atoms in total. The number of nitro groups is 1. The minimum atomic E-state index is -0.431. The van der Waals surface area contributed by atoms with Crippen molar-refractivity contribution in [1.29, 1.82) is 0 Å². The number of anilines is 1. The van der Waals surface area contributed by atoms with Crippen molar-refractivity contribution in [2.24, 2.45) is 7.05 Å². The maximum absolute atomic E-state index is 11.0. The molecule has 1 N–H and O–H groups in total. The maximum Gasteiger partial charge on any atom is 0.295 e. The van der Waals surface area contributed by atoms with Gasteiger partial charge in [-0.15, -0.1) is 0 Å². The number of nitrogens with one attached hydrogen (secondary N) is 1. The standard InChI is InChI=1S/C13H12N6O2/c1-18-8-16-12(17-18)7-15-10-4-5-11(19(20)21)13-9(10)3-2-6-14-13/h2-6,8,15H,7H2,1H3. The Kier molecular flexibility index (Phi) is 3.19. The lowest BCUT2D eigenvalue weighted by Gasteiger charge is -2.08. The van der Waals surface area contributed by atoms with E-state index in [0.717, 1.165) is 5.69 Å². The monoisotopic (exact) mass is 284 g/mol. The van der Waals surface area contributed by atoms with E-state index in [-0.39, 0.29) is 5.69 Å². The number of benzene rings is 1. The number of hydrogen-bond donors (Lipinski definition) is 1. The first-order chi connectivity index (χ1) is 10.1. The molecule has 8 heteroatoms. The fraction of sp³-hybridized carbons (Fsp3) is 0.154. The van der Waals surface area contributed by atoms with E-state index in [1.165, 1.54) is 6.07 Å². The third-order valence-corrected chi connectivity index (χ3v) is 3.03. The fourth-order valence-electron chi connectivity index (χ4n) is 2.10. The topological polar surface area (TPSA) is 98.8 Å². The molecule has 0 fully saturated rings. The summed E-state index contributed by atoms with van der Waals surface area (Å²) in [4.78, 5) is 18.8. The molecule has 0 radical (unpaired) electrons. The van der Waals surface area contributed by atoms with Crippen LogP contribution in [0.4, 0.5) is 11.4 Å². The summed E-state index contributed by atoms with van der Waals surface area (Å²) in [5.74, 6) is 0.646. The number of pyridine rings is 1. The molecule has 0 aliphatic carbocycles. The molecule has 3 aromatic rings. The molecule has 2 aromatic heterocycles. The molecule has 0 saturated heterocycles. The second-order valence-corrected chi connectivity index (χ2v) is 4.48. The van der Waals surface area contributed by atoms with Crippen molar-refractivity contribution < 1.29 is 4.92 Å². The summed E-state index contributed by atoms with van der Waals surface area (Å²) in [5, 5.41) is 19.1. The highest BCUT2D eigenvalue weighted by Gasteiger charge is 2.15. The van der Waals surface area contributed by atoms with Crippen molar-refractivity contribution in [3.63, 3.8) is 0 Å². The first-order valence-corrected chi connectivity index (χ1v) is 6.25. The Morgan fingerprint density at radius 1 is 1.33 bits per heavy atom. The molecule has 0 spiro atoms. The summed E-state index contributed by atoms with van der Waals surface area (Å²) in [6, 6.07) is 6.66. The predicted octanol–water partition coefficient (Wildman–Crippen LogP) is 1.88. The zero-order valence-electron chi connectivity index (χ0n) is 11.2. The normalized spacial score (nSPS) is 10.7. The van der Waals surface area contributed by atoms with Crippen LogP contribution in [0.5, 0.6) is 0 Å². The zero-order valence-corrected chi connectivity index (χ0v) is 11.2. The van der Waals surface area contributed by atoms with Gasteiger partial charge in [-0.05, 0) is 18.2 Å². The molecule has 0 aliphatic rings. The molecule has 0 bridgehead atoms. The second kappa shape index (κ2) is 5.16. The molecule has 106 valence electrons. The molecule has 3 rings (SSSR count). The van der Waals surface area contributed by atoms with Crippen molar-refractivity contribution >= 4 is 22.3 Å². The van der Waals surface area contributed by atoms with Gasteiger partial charge in [0.2, 0.25) is 0 Å². The summed E-state index contributed by atoms with van der Waals surface area (Å²) >= 11 is 0. The lowest BCUT2D eigenvalue weighted by atomic mass is 10.1. The van der Waals surface area contributed by atoms with Crippen LogP contribution in [-0.4, -0.2) is 24.7 Å². The van der Waals surface area contributed by atoms with Crippen LogP contribution in [0.1, 0.15) is 5.82 Å². The first-order valence-electron chi connectivity index (χ1n) is 6.25. The number of fused-ring (bicyclic) bond motifs is 1. The van der Waals surface area contributed by atoms with Gasteiger partial charge in [0.15, 0.2) is 5.82 Å². The van der Waals surface area contributed by atoms with Gasteiger partial charge < -0.3 is 5.32 Å². The van der Waals surface area contributed by atoms with E-state index in [0.29, 0.717) is 23.3 Å². The Hall–Kier alpha value is -3.03. The van der Waals surface area contributed by atoms with Gasteiger partial charge >= 0.3 is 0 Å². The Bertz CT molecular complexity index is 813. The quantitative estimate of drug-likeness (QED) is 0.580. The third kappa shape index (κ3) is 2.50. The number of nitrogens with zero attached hydrogens (tertiary/aromatic N) is 5. The SMILES string of the molecule is Cn1cnc(CNc2ccc([N+](=O)[O-])c3ncccc23)n1. The summed E-state index contributed by atoms with van der Waals surface area (Å²) < 4.78 is 1.62. The highest BCUT2D eigenvalue weighted by atomic mass is 16.6. The molecule has 1 aromatic carbocycles. The third-order valence-electron chi connectivity index (χ3n) is 3.03. The van der Waals surface area contributed by atoms with Crippen LogP contribution in [0, 0.1) is 10.1 Å². The van der Waals surface area contributed by atoms with Crippen LogP contribution < -0.4 is 5.32 Å². The molecule has 0 atom stereocenters. The number of non-ortho nitro benzene ring substituents is 1. The summed E-state index contributed by atoms with van der Waals surface area (Å²) in [6.07, 6.45) is 3.16. The van der Waals surface area contributed by atoms with Gasteiger partial charge in [-0.3, -0.25) is 14.8 Å². The number of rotatable bonds is 4. The minimum absolute atomic E-state index is 0.00730. The van der Waals surface area contributed by atoms with Gasteiger partial charge in [-0.1, -0.05) is 0 Å². The largest absolute Gasteiger partial charge is 0.377 e. The van der Waals surface area contributed by atoms with Gasteiger partial charge in [0.25, 0.3) is 5.69 Å². The van der Waals surface area contributed by atoms with Crippen molar-refractivity contribution in [2.75, 3.05) is 5.32 Å². The van der Waals surface area contributed by atoms with Gasteiger partial charge in [-0.25, -0.2) is 9.97 Å². The van der Waals surface area contributed by atoms with E-state index >= 15 is 0 Å². The average Bonchev–Trinajstić information content (AvgIpc) is 2.90. The van der Waals surface area contributed by atoms with Crippen LogP contribution in [0.15, 0.2) is 36.8 Å². The summed E-state index contributed by atoms with van der Waals surface area (Å²) in [5.41, 5.74) is 1.12. The molecule has 0 saturated carbocycles. The molecule has 0 unspecified atom stereocenters. The predicted molar refractivity (Wildman–Crippen MR) is 76.7 cm³/mol. The fourth-order valence-corrected chi connectivity index (χ4v) is 2.10. The van der Waals surface area contributed by atoms with Crippen LogP contribution in [-0.2, 0) is 13.6 Å². The van der Waals surface area contributed by atoms with E-state index in [9.17, 15) is 10.1 Å². The van der Waals surface area contributed by atoms with Crippen LogP contribution in [0.2, 0.25) is 0 Å². The molecular weight excluding hydrogens is 272 g/mol. The van der Waals surface area contributed by atoms with Gasteiger partial charge in [0, 0.05) is 30.4 Å². The number of nitro benzene ring substituents is 1. The van der Waals surface area contributed by atoms with Gasteiger partial charge in [0.1, 0.15) is 11.8 Å². The summed E-state index contributed by atoms with van der Waals surface area (Å²) in [7, 11) is 1.79.